The summed E-state index contributed by atoms with van der Waals surface area (Å²) >= 11 is 0.981. The second kappa shape index (κ2) is 13.0. The highest BCUT2D eigenvalue weighted by molar-refractivity contribution is 8.01. The number of rotatable bonds is 6. The molecule has 1 fully saturated rings. The Labute approximate surface area is 204 Å². The fraction of sp³-hybridized carbons (Fsp3) is 0.519. The first-order valence-corrected chi connectivity index (χ1v) is 12.6. The quantitative estimate of drug-likeness (QED) is 0.420. The van der Waals surface area contributed by atoms with Gasteiger partial charge in [-0.3, -0.25) is 5.14 Å². The zero-order valence-corrected chi connectivity index (χ0v) is 21.9. The molecule has 1 heterocycles. The molecule has 6 heteroatoms. The maximum absolute atomic E-state index is 8.97. The highest BCUT2D eigenvalue weighted by Crippen LogP contribution is 2.25. The molecule has 0 aliphatic carbocycles. The lowest BCUT2D eigenvalue weighted by Crippen LogP contribution is -2.44. The van der Waals surface area contributed by atoms with Gasteiger partial charge in [-0.15, -0.1) is 0 Å². The van der Waals surface area contributed by atoms with Crippen LogP contribution in [0.2, 0.25) is 0 Å². The Morgan fingerprint density at radius 1 is 1.12 bits per heavy atom. The first-order chi connectivity index (χ1) is 15.6. The van der Waals surface area contributed by atoms with E-state index in [0.29, 0.717) is 4.91 Å². The van der Waals surface area contributed by atoms with Gasteiger partial charge in [0, 0.05) is 38.5 Å². The monoisotopic (exact) mass is 468 g/mol. The van der Waals surface area contributed by atoms with Crippen LogP contribution in [-0.2, 0) is 4.74 Å². The van der Waals surface area contributed by atoms with Gasteiger partial charge in [0.1, 0.15) is 11.0 Å². The molecule has 0 amide bonds. The van der Waals surface area contributed by atoms with Gasteiger partial charge in [0.25, 0.3) is 0 Å². The summed E-state index contributed by atoms with van der Waals surface area (Å²) in [5.74, 6) is 0.752. The number of fused-ring (bicyclic) bond motifs is 1. The maximum atomic E-state index is 8.97. The Bertz CT molecular complexity index is 951. The number of likely N-dealkylation sites (N-methyl/N-ethyl adjacent to an activating group) is 1. The molecule has 2 N–H and O–H groups in total. The SMILES string of the molecule is CC(C)CCOC(C)(C)C.CN1CCN(c2ccc3cc(/C=C(\C#N)SN)ccc3c2)CC1. The van der Waals surface area contributed by atoms with E-state index in [1.165, 1.54) is 16.5 Å². The molecular weight excluding hydrogens is 428 g/mol. The summed E-state index contributed by atoms with van der Waals surface area (Å²) in [6, 6.07) is 14.9. The first-order valence-electron chi connectivity index (χ1n) is 11.7. The molecule has 1 saturated heterocycles. The average molecular weight is 469 g/mol. The van der Waals surface area contributed by atoms with E-state index in [1.54, 1.807) is 0 Å². The molecule has 1 aliphatic heterocycles. The molecule has 1 aliphatic rings. The Morgan fingerprint density at radius 2 is 1.76 bits per heavy atom. The van der Waals surface area contributed by atoms with Crippen molar-refractivity contribution in [1.82, 2.24) is 4.90 Å². The summed E-state index contributed by atoms with van der Waals surface area (Å²) in [6.07, 6.45) is 2.98. The number of anilines is 1. The minimum Gasteiger partial charge on any atom is -0.376 e. The van der Waals surface area contributed by atoms with Crippen LogP contribution in [0.5, 0.6) is 0 Å². The lowest BCUT2D eigenvalue weighted by atomic mass is 10.1. The number of allylic oxidation sites excluding steroid dienone is 1. The second-order valence-electron chi connectivity index (χ2n) is 9.96. The molecule has 33 heavy (non-hydrogen) atoms. The van der Waals surface area contributed by atoms with Gasteiger partial charge < -0.3 is 14.5 Å². The normalized spacial score (nSPS) is 15.4. The highest BCUT2D eigenvalue weighted by atomic mass is 32.2. The van der Waals surface area contributed by atoms with E-state index >= 15 is 0 Å². The Balaban J connectivity index is 0.000000328. The van der Waals surface area contributed by atoms with E-state index < -0.39 is 0 Å². The minimum atomic E-state index is 0.0366. The molecule has 2 aromatic carbocycles. The van der Waals surface area contributed by atoms with E-state index in [4.69, 9.17) is 15.1 Å². The Morgan fingerprint density at radius 3 is 2.33 bits per heavy atom. The van der Waals surface area contributed by atoms with Gasteiger partial charge in [-0.2, -0.15) is 5.26 Å². The predicted octanol–water partition coefficient (Wildman–Crippen LogP) is 5.91. The molecule has 5 nitrogen and oxygen atoms in total. The smallest absolute Gasteiger partial charge is 0.107 e. The number of nitrogens with zero attached hydrogens (tertiary/aromatic N) is 3. The predicted molar refractivity (Wildman–Crippen MR) is 144 cm³/mol. The lowest BCUT2D eigenvalue weighted by molar-refractivity contribution is -0.00774. The third kappa shape index (κ3) is 9.77. The lowest BCUT2D eigenvalue weighted by Gasteiger charge is -2.34. The number of nitriles is 1. The van der Waals surface area contributed by atoms with Gasteiger partial charge in [0.15, 0.2) is 0 Å². The first kappa shape index (κ1) is 27.2. The van der Waals surface area contributed by atoms with Crippen LogP contribution in [-0.4, -0.2) is 50.3 Å². The summed E-state index contributed by atoms with van der Waals surface area (Å²) in [4.78, 5) is 5.31. The number of benzene rings is 2. The van der Waals surface area contributed by atoms with Crippen LogP contribution in [0.15, 0.2) is 41.3 Å². The van der Waals surface area contributed by atoms with Crippen LogP contribution >= 0.6 is 11.9 Å². The van der Waals surface area contributed by atoms with Gasteiger partial charge in [-0.05, 0) is 92.7 Å². The van der Waals surface area contributed by atoms with Crippen molar-refractivity contribution < 1.29 is 4.74 Å². The molecule has 0 bridgehead atoms. The number of piperazine rings is 1. The van der Waals surface area contributed by atoms with Crippen LogP contribution in [0.1, 0.15) is 46.6 Å². The Kier molecular flexibility index (Phi) is 10.7. The Hall–Kier alpha value is -2.04. The zero-order valence-electron chi connectivity index (χ0n) is 21.1. The second-order valence-corrected chi connectivity index (χ2v) is 10.6. The van der Waals surface area contributed by atoms with Gasteiger partial charge >= 0.3 is 0 Å². The van der Waals surface area contributed by atoms with Crippen molar-refractivity contribution >= 4 is 34.5 Å². The summed E-state index contributed by atoms with van der Waals surface area (Å²) < 4.78 is 5.54. The third-order valence-electron chi connectivity index (χ3n) is 5.48. The summed E-state index contributed by atoms with van der Waals surface area (Å²) in [6.45, 7) is 15.9. The summed E-state index contributed by atoms with van der Waals surface area (Å²) in [5, 5.41) is 16.8. The topological polar surface area (TPSA) is 65.5 Å². The van der Waals surface area contributed by atoms with Gasteiger partial charge in [-0.1, -0.05) is 32.0 Å². The molecule has 0 radical (unpaired) electrons. The van der Waals surface area contributed by atoms with Crippen LogP contribution in [0, 0.1) is 17.2 Å². The van der Waals surface area contributed by atoms with E-state index in [1.807, 2.05) is 12.1 Å². The number of ether oxygens (including phenoxy) is 1. The van der Waals surface area contributed by atoms with Gasteiger partial charge in [0.05, 0.1) is 5.60 Å². The largest absolute Gasteiger partial charge is 0.376 e. The number of hydrogen-bond acceptors (Lipinski definition) is 6. The molecule has 180 valence electrons. The van der Waals surface area contributed by atoms with Crippen LogP contribution in [0.4, 0.5) is 5.69 Å². The van der Waals surface area contributed by atoms with E-state index in [-0.39, 0.29) is 5.60 Å². The molecule has 3 rings (SSSR count). The molecule has 0 aromatic heterocycles. The molecule has 0 saturated carbocycles. The highest BCUT2D eigenvalue weighted by Gasteiger charge is 2.14. The van der Waals surface area contributed by atoms with E-state index in [2.05, 4.69) is 87.9 Å². The fourth-order valence-electron chi connectivity index (χ4n) is 3.45. The number of nitrogens with two attached hydrogens (primary N) is 1. The fourth-order valence-corrected chi connectivity index (χ4v) is 3.70. The molecule has 0 atom stereocenters. The van der Waals surface area contributed by atoms with Crippen molar-refractivity contribution in [3.8, 4) is 6.07 Å². The average Bonchev–Trinajstić information content (AvgIpc) is 2.77. The van der Waals surface area contributed by atoms with Crippen molar-refractivity contribution in [3.63, 3.8) is 0 Å². The molecular formula is C27H40N4OS. The van der Waals surface area contributed by atoms with Crippen molar-refractivity contribution in [2.75, 3.05) is 44.7 Å². The number of hydrogen-bond donors (Lipinski definition) is 1. The van der Waals surface area contributed by atoms with Crippen LogP contribution < -0.4 is 10.0 Å². The standard InChI is InChI=1S/C18H20N4S.C9H20O/c1-21-6-8-22(9-7-21)17-5-4-15-10-14(2-3-16(15)12-17)11-18(13-19)23-20;1-8(2)6-7-10-9(3,4)5/h2-5,10-12H,6-9,20H2,1H3;8H,6-7H2,1-5H3/b18-11+;. The van der Waals surface area contributed by atoms with Crippen molar-refractivity contribution in [2.45, 2.75) is 46.6 Å². The molecule has 2 aromatic rings. The molecule has 0 spiro atoms. The van der Waals surface area contributed by atoms with Crippen molar-refractivity contribution in [2.24, 2.45) is 11.1 Å². The maximum Gasteiger partial charge on any atom is 0.107 e. The van der Waals surface area contributed by atoms with Crippen molar-refractivity contribution in [3.05, 3.63) is 46.9 Å². The minimum absolute atomic E-state index is 0.0366. The van der Waals surface area contributed by atoms with Crippen LogP contribution in [0.3, 0.4) is 0 Å². The summed E-state index contributed by atoms with van der Waals surface area (Å²) in [5.41, 5.74) is 2.32. The third-order valence-corrected chi connectivity index (χ3v) is 5.94. The van der Waals surface area contributed by atoms with Crippen LogP contribution in [0.25, 0.3) is 16.8 Å². The zero-order chi connectivity index (χ0) is 24.4. The van der Waals surface area contributed by atoms with Crippen molar-refractivity contribution in [1.29, 1.82) is 5.26 Å². The van der Waals surface area contributed by atoms with E-state index in [9.17, 15) is 0 Å². The van der Waals surface area contributed by atoms with Gasteiger partial charge in [-0.25, -0.2) is 0 Å². The van der Waals surface area contributed by atoms with E-state index in [0.717, 1.165) is 62.6 Å². The summed E-state index contributed by atoms with van der Waals surface area (Å²) in [7, 11) is 2.17. The van der Waals surface area contributed by atoms with Gasteiger partial charge in [0.2, 0.25) is 0 Å². The molecule has 0 unspecified atom stereocenters.